The maximum atomic E-state index is 11.8. The molecule has 5 heteroatoms. The molecule has 0 radical (unpaired) electrons. The molecule has 0 saturated carbocycles. The van der Waals surface area contributed by atoms with Gasteiger partial charge in [-0.1, -0.05) is 6.92 Å². The summed E-state index contributed by atoms with van der Waals surface area (Å²) in [5.41, 5.74) is 5.03. The largest absolute Gasteiger partial charge is 0.329 e. The number of hydrogen-bond acceptors (Lipinski definition) is 4. The average Bonchev–Trinajstić information content (AvgIpc) is 2.29. The van der Waals surface area contributed by atoms with Crippen LogP contribution in [0.5, 0.6) is 0 Å². The number of rotatable bonds is 4. The number of aromatic nitrogens is 2. The molecule has 0 aliphatic carbocycles. The lowest BCUT2D eigenvalue weighted by atomic mass is 9.87. The first kappa shape index (κ1) is 11.6. The van der Waals surface area contributed by atoms with Crippen LogP contribution in [-0.4, -0.2) is 22.6 Å². The van der Waals surface area contributed by atoms with Crippen LogP contribution in [0.4, 0.5) is 5.82 Å². The van der Waals surface area contributed by atoms with Crippen LogP contribution in [0.15, 0.2) is 18.3 Å². The highest BCUT2D eigenvalue weighted by atomic mass is 16.2. The van der Waals surface area contributed by atoms with E-state index in [1.165, 1.54) is 0 Å². The molecule has 1 unspecified atom stereocenters. The van der Waals surface area contributed by atoms with Gasteiger partial charge in [0, 0.05) is 12.7 Å². The zero-order valence-corrected chi connectivity index (χ0v) is 9.03. The molecule has 1 amide bonds. The number of carbonyl (C=O) groups is 1. The molecule has 5 nitrogen and oxygen atoms in total. The number of nitrogens with one attached hydrogen (secondary N) is 1. The van der Waals surface area contributed by atoms with Gasteiger partial charge in [-0.3, -0.25) is 4.79 Å². The van der Waals surface area contributed by atoms with Crippen LogP contribution >= 0.6 is 0 Å². The summed E-state index contributed by atoms with van der Waals surface area (Å²) in [6, 6.07) is 3.41. The molecular weight excluding hydrogens is 192 g/mol. The van der Waals surface area contributed by atoms with Gasteiger partial charge in [-0.05, 0) is 25.5 Å². The molecule has 0 saturated heterocycles. The van der Waals surface area contributed by atoms with Gasteiger partial charge < -0.3 is 11.1 Å². The molecule has 0 spiro atoms. The fraction of sp³-hybridized carbons (Fsp3) is 0.500. The molecule has 0 bridgehead atoms. The lowest BCUT2D eigenvalue weighted by Crippen LogP contribution is -2.39. The molecule has 0 aliphatic rings. The van der Waals surface area contributed by atoms with Crippen molar-refractivity contribution in [3.8, 4) is 0 Å². The summed E-state index contributed by atoms with van der Waals surface area (Å²) >= 11 is 0. The van der Waals surface area contributed by atoms with Crippen LogP contribution in [0.2, 0.25) is 0 Å². The van der Waals surface area contributed by atoms with Crippen molar-refractivity contribution in [2.24, 2.45) is 11.1 Å². The first-order valence-corrected chi connectivity index (χ1v) is 4.91. The van der Waals surface area contributed by atoms with Crippen LogP contribution < -0.4 is 11.1 Å². The zero-order valence-electron chi connectivity index (χ0n) is 9.03. The fourth-order valence-corrected chi connectivity index (χ4v) is 1.03. The highest BCUT2D eigenvalue weighted by Crippen LogP contribution is 2.20. The Morgan fingerprint density at radius 1 is 1.67 bits per heavy atom. The molecule has 0 aromatic carbocycles. The van der Waals surface area contributed by atoms with Gasteiger partial charge in [0.05, 0.1) is 5.41 Å². The third-order valence-electron chi connectivity index (χ3n) is 2.59. The molecule has 82 valence electrons. The summed E-state index contributed by atoms with van der Waals surface area (Å²) in [5.74, 6) is 0.337. The van der Waals surface area contributed by atoms with E-state index >= 15 is 0 Å². The zero-order chi connectivity index (χ0) is 11.3. The third kappa shape index (κ3) is 2.73. The smallest absolute Gasteiger partial charge is 0.232 e. The van der Waals surface area contributed by atoms with Crippen molar-refractivity contribution >= 4 is 11.7 Å². The molecule has 1 heterocycles. The Kier molecular flexibility index (Phi) is 3.74. The molecule has 0 aliphatic heterocycles. The van der Waals surface area contributed by atoms with E-state index in [0.29, 0.717) is 18.8 Å². The van der Waals surface area contributed by atoms with Gasteiger partial charge in [0.25, 0.3) is 0 Å². The molecule has 0 fully saturated rings. The molecule has 3 N–H and O–H groups in total. The summed E-state index contributed by atoms with van der Waals surface area (Å²) < 4.78 is 0. The normalized spacial score (nSPS) is 14.3. The number of amides is 1. The first-order chi connectivity index (χ1) is 7.12. The summed E-state index contributed by atoms with van der Waals surface area (Å²) in [5, 5.41) is 10.1. The van der Waals surface area contributed by atoms with E-state index in [1.54, 1.807) is 18.3 Å². The predicted octanol–water partition coefficient (Wildman–Crippen LogP) is 0.790. The molecule has 1 atom stereocenters. The number of hydrogen-bond donors (Lipinski definition) is 2. The van der Waals surface area contributed by atoms with Gasteiger partial charge in [-0.2, -0.15) is 5.10 Å². The van der Waals surface area contributed by atoms with E-state index in [-0.39, 0.29) is 5.91 Å². The van der Waals surface area contributed by atoms with E-state index in [2.05, 4.69) is 15.5 Å². The number of nitrogens with two attached hydrogens (primary N) is 1. The van der Waals surface area contributed by atoms with E-state index in [4.69, 9.17) is 5.73 Å². The van der Waals surface area contributed by atoms with Gasteiger partial charge in [0.15, 0.2) is 5.82 Å². The van der Waals surface area contributed by atoms with E-state index in [1.807, 2.05) is 13.8 Å². The maximum Gasteiger partial charge on any atom is 0.232 e. The highest BCUT2D eigenvalue weighted by Gasteiger charge is 2.29. The Morgan fingerprint density at radius 3 is 2.87 bits per heavy atom. The summed E-state index contributed by atoms with van der Waals surface area (Å²) in [6.07, 6.45) is 2.24. The number of nitrogens with zero attached hydrogens (tertiary/aromatic N) is 2. The summed E-state index contributed by atoms with van der Waals surface area (Å²) in [6.45, 7) is 4.08. The minimum Gasteiger partial charge on any atom is -0.329 e. The van der Waals surface area contributed by atoms with Crippen LogP contribution in [0.1, 0.15) is 20.3 Å². The molecule has 15 heavy (non-hydrogen) atoms. The summed E-state index contributed by atoms with van der Waals surface area (Å²) in [7, 11) is 0. The van der Waals surface area contributed by atoms with Gasteiger partial charge >= 0.3 is 0 Å². The van der Waals surface area contributed by atoms with Crippen molar-refractivity contribution in [2.75, 3.05) is 11.9 Å². The van der Waals surface area contributed by atoms with Crippen molar-refractivity contribution in [1.82, 2.24) is 10.2 Å². The van der Waals surface area contributed by atoms with E-state index in [0.717, 1.165) is 0 Å². The van der Waals surface area contributed by atoms with Crippen molar-refractivity contribution in [2.45, 2.75) is 20.3 Å². The maximum absolute atomic E-state index is 11.8. The second-order valence-corrected chi connectivity index (χ2v) is 3.68. The summed E-state index contributed by atoms with van der Waals surface area (Å²) in [4.78, 5) is 11.8. The van der Waals surface area contributed by atoms with Gasteiger partial charge in [0.2, 0.25) is 5.91 Å². The predicted molar refractivity (Wildman–Crippen MR) is 58.1 cm³/mol. The van der Waals surface area contributed by atoms with E-state index in [9.17, 15) is 4.79 Å². The van der Waals surface area contributed by atoms with Crippen LogP contribution in [0.3, 0.4) is 0 Å². The van der Waals surface area contributed by atoms with Crippen LogP contribution in [-0.2, 0) is 4.79 Å². The fourth-order valence-electron chi connectivity index (χ4n) is 1.03. The Morgan fingerprint density at radius 2 is 2.40 bits per heavy atom. The Hall–Kier alpha value is -1.49. The second kappa shape index (κ2) is 4.84. The SMILES string of the molecule is CCC(C)(CN)C(=O)Nc1cccnn1. The average molecular weight is 208 g/mol. The molecule has 1 rings (SSSR count). The first-order valence-electron chi connectivity index (χ1n) is 4.91. The van der Waals surface area contributed by atoms with Crippen molar-refractivity contribution in [3.05, 3.63) is 18.3 Å². The van der Waals surface area contributed by atoms with Gasteiger partial charge in [0.1, 0.15) is 0 Å². The lowest BCUT2D eigenvalue weighted by Gasteiger charge is -2.24. The topological polar surface area (TPSA) is 80.9 Å². The van der Waals surface area contributed by atoms with Gasteiger partial charge in [-0.25, -0.2) is 0 Å². The van der Waals surface area contributed by atoms with Crippen molar-refractivity contribution in [3.63, 3.8) is 0 Å². The van der Waals surface area contributed by atoms with Crippen molar-refractivity contribution in [1.29, 1.82) is 0 Å². The Labute approximate surface area is 89.1 Å². The third-order valence-corrected chi connectivity index (χ3v) is 2.59. The minimum atomic E-state index is -0.544. The molecule has 1 aromatic rings. The molecular formula is C10H16N4O. The standard InChI is InChI=1S/C10H16N4O/c1-3-10(2,7-11)9(15)13-8-5-4-6-12-14-8/h4-6H,3,7,11H2,1-2H3,(H,13,14,15). The highest BCUT2D eigenvalue weighted by molar-refractivity contribution is 5.94. The minimum absolute atomic E-state index is 0.118. The molecule has 1 aromatic heterocycles. The van der Waals surface area contributed by atoms with Crippen molar-refractivity contribution < 1.29 is 4.79 Å². The van der Waals surface area contributed by atoms with Crippen LogP contribution in [0.25, 0.3) is 0 Å². The lowest BCUT2D eigenvalue weighted by molar-refractivity contribution is -0.124. The number of carbonyl (C=O) groups excluding carboxylic acids is 1. The Balaban J connectivity index is 2.71. The van der Waals surface area contributed by atoms with Gasteiger partial charge in [-0.15, -0.1) is 5.10 Å². The number of anilines is 1. The second-order valence-electron chi connectivity index (χ2n) is 3.68. The monoisotopic (exact) mass is 208 g/mol. The quantitative estimate of drug-likeness (QED) is 0.766. The van der Waals surface area contributed by atoms with E-state index < -0.39 is 5.41 Å². The van der Waals surface area contributed by atoms with Crippen LogP contribution in [0, 0.1) is 5.41 Å². The Bertz CT molecular complexity index is 321.